The SMILES string of the molecule is CNC(=O)[C@@H](C)N(Cc1ccc(OC)cc1)C(=O)CN(c1ccc(Br)cc1)S(C)(=O)=O. The van der Waals surface area contributed by atoms with Gasteiger partial charge >= 0.3 is 0 Å². The molecule has 10 heteroatoms. The average molecular weight is 512 g/mol. The number of nitrogens with one attached hydrogen (secondary N) is 1. The van der Waals surface area contributed by atoms with E-state index in [1.165, 1.54) is 11.9 Å². The fourth-order valence-corrected chi connectivity index (χ4v) is 4.05. The quantitative estimate of drug-likeness (QED) is 0.557. The number of sulfonamides is 1. The Bertz CT molecular complexity index is 1010. The Morgan fingerprint density at radius 2 is 1.68 bits per heavy atom. The smallest absolute Gasteiger partial charge is 0.244 e. The Labute approximate surface area is 191 Å². The molecule has 0 aromatic heterocycles. The molecule has 2 aromatic carbocycles. The van der Waals surface area contributed by atoms with Crippen molar-refractivity contribution in [2.45, 2.75) is 19.5 Å². The van der Waals surface area contributed by atoms with Crippen molar-refractivity contribution in [3.63, 3.8) is 0 Å². The van der Waals surface area contributed by atoms with Gasteiger partial charge in [0, 0.05) is 18.1 Å². The van der Waals surface area contributed by atoms with Crippen LogP contribution in [0.2, 0.25) is 0 Å². The summed E-state index contributed by atoms with van der Waals surface area (Å²) in [6, 6.07) is 12.9. The highest BCUT2D eigenvalue weighted by Crippen LogP contribution is 2.22. The molecule has 0 aliphatic carbocycles. The molecule has 0 heterocycles. The van der Waals surface area contributed by atoms with Gasteiger partial charge in [-0.15, -0.1) is 0 Å². The zero-order valence-electron chi connectivity index (χ0n) is 17.8. The van der Waals surface area contributed by atoms with E-state index >= 15 is 0 Å². The molecule has 8 nitrogen and oxygen atoms in total. The number of carbonyl (C=O) groups is 2. The Kier molecular flexibility index (Phi) is 8.46. The molecule has 0 unspecified atom stereocenters. The van der Waals surface area contributed by atoms with Crippen LogP contribution in [0.4, 0.5) is 5.69 Å². The summed E-state index contributed by atoms with van der Waals surface area (Å²) in [5.74, 6) is -0.184. The van der Waals surface area contributed by atoms with Crippen LogP contribution in [0.3, 0.4) is 0 Å². The third-order valence-corrected chi connectivity index (χ3v) is 6.39. The van der Waals surface area contributed by atoms with Gasteiger partial charge in [-0.25, -0.2) is 8.42 Å². The largest absolute Gasteiger partial charge is 0.497 e. The van der Waals surface area contributed by atoms with Gasteiger partial charge in [0.15, 0.2) is 0 Å². The van der Waals surface area contributed by atoms with Crippen LogP contribution in [0.15, 0.2) is 53.0 Å². The monoisotopic (exact) mass is 511 g/mol. The molecule has 31 heavy (non-hydrogen) atoms. The summed E-state index contributed by atoms with van der Waals surface area (Å²) >= 11 is 3.31. The standard InChI is InChI=1S/C21H26BrN3O5S/c1-15(21(27)23-2)24(13-16-5-11-19(30-3)12-6-16)20(26)14-25(31(4,28)29)18-9-7-17(22)8-10-18/h5-12,15H,13-14H2,1-4H3,(H,23,27)/t15-/m1/s1. The van der Waals surface area contributed by atoms with Crippen molar-refractivity contribution in [1.29, 1.82) is 0 Å². The Balaban J connectivity index is 2.34. The number of carbonyl (C=O) groups excluding carboxylic acids is 2. The lowest BCUT2D eigenvalue weighted by Crippen LogP contribution is -2.50. The highest BCUT2D eigenvalue weighted by atomic mass is 79.9. The number of halogens is 1. The number of ether oxygens (including phenoxy) is 1. The summed E-state index contributed by atoms with van der Waals surface area (Å²) in [6.07, 6.45) is 1.04. The number of hydrogen-bond acceptors (Lipinski definition) is 5. The van der Waals surface area contributed by atoms with Crippen LogP contribution in [0.5, 0.6) is 5.75 Å². The fraction of sp³-hybridized carbons (Fsp3) is 0.333. The summed E-state index contributed by atoms with van der Waals surface area (Å²) in [6.45, 7) is 1.30. The normalized spacial score (nSPS) is 12.0. The molecular formula is C21H26BrN3O5S. The molecule has 0 radical (unpaired) electrons. The van der Waals surface area contributed by atoms with Crippen molar-refractivity contribution in [3.8, 4) is 5.75 Å². The van der Waals surface area contributed by atoms with Crippen LogP contribution in [0, 0.1) is 0 Å². The predicted molar refractivity (Wildman–Crippen MR) is 123 cm³/mol. The van der Waals surface area contributed by atoms with Crippen molar-refractivity contribution in [2.24, 2.45) is 0 Å². The van der Waals surface area contributed by atoms with Gasteiger partial charge < -0.3 is 15.0 Å². The minimum Gasteiger partial charge on any atom is -0.497 e. The van der Waals surface area contributed by atoms with E-state index < -0.39 is 28.5 Å². The summed E-state index contributed by atoms with van der Waals surface area (Å²) in [5, 5.41) is 2.54. The number of likely N-dealkylation sites (N-methyl/N-ethyl adjacent to an activating group) is 1. The van der Waals surface area contributed by atoms with Gasteiger partial charge in [-0.3, -0.25) is 13.9 Å². The number of rotatable bonds is 9. The molecule has 0 aliphatic rings. The summed E-state index contributed by atoms with van der Waals surface area (Å²) in [4.78, 5) is 26.9. The first-order valence-electron chi connectivity index (χ1n) is 9.44. The van der Waals surface area contributed by atoms with E-state index in [-0.39, 0.29) is 12.5 Å². The molecule has 1 N–H and O–H groups in total. The molecule has 168 valence electrons. The highest BCUT2D eigenvalue weighted by Gasteiger charge is 2.29. The maximum atomic E-state index is 13.2. The zero-order chi connectivity index (χ0) is 23.2. The summed E-state index contributed by atoms with van der Waals surface area (Å²) < 4.78 is 31.8. The lowest BCUT2D eigenvalue weighted by Gasteiger charge is -2.31. The van der Waals surface area contributed by atoms with E-state index in [4.69, 9.17) is 4.74 Å². The minimum atomic E-state index is -3.74. The number of amides is 2. The number of nitrogens with zero attached hydrogens (tertiary/aromatic N) is 2. The van der Waals surface area contributed by atoms with Gasteiger partial charge in [0.1, 0.15) is 18.3 Å². The molecule has 1 atom stereocenters. The summed E-state index contributed by atoms with van der Waals surface area (Å²) in [5.41, 5.74) is 1.13. The molecule has 0 fully saturated rings. The fourth-order valence-electron chi connectivity index (χ4n) is 2.94. The molecular weight excluding hydrogens is 486 g/mol. The summed E-state index contributed by atoms with van der Waals surface area (Å²) in [7, 11) is -0.698. The first kappa shape index (κ1) is 24.7. The highest BCUT2D eigenvalue weighted by molar-refractivity contribution is 9.10. The second-order valence-corrected chi connectivity index (χ2v) is 9.73. The molecule has 0 saturated carbocycles. The maximum absolute atomic E-state index is 13.2. The first-order valence-corrected chi connectivity index (χ1v) is 12.1. The van der Waals surface area contributed by atoms with Crippen LogP contribution < -0.4 is 14.4 Å². The molecule has 0 bridgehead atoms. The molecule has 2 amide bonds. The third kappa shape index (κ3) is 6.70. The molecule has 2 rings (SSSR count). The van der Waals surface area contributed by atoms with Crippen molar-refractivity contribution >= 4 is 43.5 Å². The number of benzene rings is 2. The van der Waals surface area contributed by atoms with Gasteiger partial charge in [0.05, 0.1) is 19.1 Å². The van der Waals surface area contributed by atoms with Crippen molar-refractivity contribution in [3.05, 3.63) is 58.6 Å². The minimum absolute atomic E-state index is 0.134. The van der Waals surface area contributed by atoms with Gasteiger partial charge in [0.2, 0.25) is 21.8 Å². The van der Waals surface area contributed by atoms with Crippen LogP contribution in [0.1, 0.15) is 12.5 Å². The Morgan fingerprint density at radius 3 is 2.16 bits per heavy atom. The number of hydrogen-bond donors (Lipinski definition) is 1. The van der Waals surface area contributed by atoms with Crippen molar-refractivity contribution < 1.29 is 22.7 Å². The maximum Gasteiger partial charge on any atom is 0.244 e. The third-order valence-electron chi connectivity index (χ3n) is 4.72. The zero-order valence-corrected chi connectivity index (χ0v) is 20.2. The number of methoxy groups -OCH3 is 1. The van der Waals surface area contributed by atoms with Crippen LogP contribution in [-0.2, 0) is 26.2 Å². The lowest BCUT2D eigenvalue weighted by molar-refractivity contribution is -0.139. The van der Waals surface area contributed by atoms with E-state index in [0.29, 0.717) is 11.4 Å². The van der Waals surface area contributed by atoms with Crippen molar-refractivity contribution in [1.82, 2.24) is 10.2 Å². The van der Waals surface area contributed by atoms with Crippen LogP contribution in [0.25, 0.3) is 0 Å². The Morgan fingerprint density at radius 1 is 1.10 bits per heavy atom. The second kappa shape index (κ2) is 10.6. The molecule has 0 spiro atoms. The van der Waals surface area contributed by atoms with E-state index in [1.807, 2.05) is 0 Å². The van der Waals surface area contributed by atoms with Gasteiger partial charge in [-0.1, -0.05) is 28.1 Å². The van der Waals surface area contributed by atoms with Crippen molar-refractivity contribution in [2.75, 3.05) is 31.3 Å². The molecule has 0 aliphatic heterocycles. The van der Waals surface area contributed by atoms with Gasteiger partial charge in [-0.05, 0) is 48.9 Å². The van der Waals surface area contributed by atoms with E-state index in [1.54, 1.807) is 62.6 Å². The van der Waals surface area contributed by atoms with Gasteiger partial charge in [-0.2, -0.15) is 0 Å². The van der Waals surface area contributed by atoms with Gasteiger partial charge in [0.25, 0.3) is 0 Å². The van der Waals surface area contributed by atoms with E-state index in [2.05, 4.69) is 21.2 Å². The van der Waals surface area contributed by atoms with E-state index in [0.717, 1.165) is 20.6 Å². The topological polar surface area (TPSA) is 96.0 Å². The number of anilines is 1. The lowest BCUT2D eigenvalue weighted by atomic mass is 10.1. The molecule has 0 saturated heterocycles. The molecule has 2 aromatic rings. The first-order chi connectivity index (χ1) is 14.6. The second-order valence-electron chi connectivity index (χ2n) is 6.91. The van der Waals surface area contributed by atoms with Crippen LogP contribution >= 0.6 is 15.9 Å². The van der Waals surface area contributed by atoms with Crippen LogP contribution in [-0.4, -0.2) is 58.1 Å². The van der Waals surface area contributed by atoms with E-state index in [9.17, 15) is 18.0 Å². The average Bonchev–Trinajstić information content (AvgIpc) is 2.75. The Hall–Kier alpha value is -2.59. The predicted octanol–water partition coefficient (Wildman–Crippen LogP) is 2.39.